The van der Waals surface area contributed by atoms with E-state index in [1.165, 1.54) is 31.4 Å². The van der Waals surface area contributed by atoms with Crippen molar-refractivity contribution in [3.05, 3.63) is 12.2 Å². The zero-order valence-corrected chi connectivity index (χ0v) is 13.6. The molecule has 0 aromatic carbocycles. The summed E-state index contributed by atoms with van der Waals surface area (Å²) < 4.78 is 0. The van der Waals surface area contributed by atoms with Crippen LogP contribution < -0.4 is 5.32 Å². The Morgan fingerprint density at radius 3 is 1.76 bits per heavy atom. The van der Waals surface area contributed by atoms with Gasteiger partial charge in [-0.2, -0.15) is 0 Å². The lowest BCUT2D eigenvalue weighted by Crippen LogP contribution is -2.19. The van der Waals surface area contributed by atoms with E-state index < -0.39 is 5.97 Å². The van der Waals surface area contributed by atoms with Crippen LogP contribution in [0.5, 0.6) is 0 Å². The second kappa shape index (κ2) is 16.7. The Morgan fingerprint density at radius 2 is 1.52 bits per heavy atom. The molecule has 1 rings (SSSR count). The standard InChI is InChI=1S/C6H12O2.C5H11Cl.C4H3NO2/c1-2-3-4-5-6(7)8;1-2-3-4-5-6;6-3-1-2-4(7)5-3/h2-5H2,1H3,(H,7,8);2-5H2,1H3;1-2H,(H,5,6,7). The molecule has 0 atom stereocenters. The normalized spacial score (nSPS) is 12.0. The van der Waals surface area contributed by atoms with Crippen molar-refractivity contribution in [2.24, 2.45) is 0 Å². The number of imide groups is 1. The van der Waals surface area contributed by atoms with E-state index in [-0.39, 0.29) is 11.8 Å². The second-order valence-corrected chi connectivity index (χ2v) is 4.81. The molecule has 0 spiro atoms. The highest BCUT2D eigenvalue weighted by atomic mass is 35.5. The van der Waals surface area contributed by atoms with Gasteiger partial charge in [0, 0.05) is 24.5 Å². The molecule has 0 saturated heterocycles. The summed E-state index contributed by atoms with van der Waals surface area (Å²) in [5.41, 5.74) is 0. The van der Waals surface area contributed by atoms with E-state index in [4.69, 9.17) is 16.7 Å². The van der Waals surface area contributed by atoms with Crippen LogP contribution >= 0.6 is 11.6 Å². The molecule has 0 aromatic rings. The first kappa shape index (κ1) is 21.9. The van der Waals surface area contributed by atoms with Gasteiger partial charge in [-0.1, -0.05) is 39.5 Å². The van der Waals surface area contributed by atoms with E-state index in [1.54, 1.807) is 0 Å². The molecule has 2 N–H and O–H groups in total. The lowest BCUT2D eigenvalue weighted by molar-refractivity contribution is -0.137. The maximum absolute atomic E-state index is 10.0. The molecule has 1 aliphatic rings. The molecule has 21 heavy (non-hydrogen) atoms. The first-order chi connectivity index (χ1) is 9.97. The third-order valence-corrected chi connectivity index (χ3v) is 2.63. The van der Waals surface area contributed by atoms with Gasteiger partial charge in [-0.15, -0.1) is 11.6 Å². The number of aliphatic carboxylic acids is 1. The Balaban J connectivity index is 0. The van der Waals surface area contributed by atoms with Gasteiger partial charge >= 0.3 is 5.97 Å². The Bertz CT molecular complexity index is 310. The number of carboxylic acids is 1. The van der Waals surface area contributed by atoms with Gasteiger partial charge in [-0.05, 0) is 12.8 Å². The van der Waals surface area contributed by atoms with Crippen LogP contribution in [0, 0.1) is 0 Å². The van der Waals surface area contributed by atoms with Crippen molar-refractivity contribution in [1.29, 1.82) is 0 Å². The van der Waals surface area contributed by atoms with Gasteiger partial charge in [0.25, 0.3) is 11.8 Å². The maximum atomic E-state index is 10.0. The average Bonchev–Trinajstić information content (AvgIpc) is 2.81. The summed E-state index contributed by atoms with van der Waals surface area (Å²) in [6.07, 6.45) is 9.40. The number of carbonyl (C=O) groups is 3. The molecule has 2 amide bonds. The molecule has 1 heterocycles. The van der Waals surface area contributed by atoms with Gasteiger partial charge in [0.05, 0.1) is 0 Å². The number of rotatable bonds is 7. The minimum absolute atomic E-state index is 0.327. The van der Waals surface area contributed by atoms with Crippen molar-refractivity contribution in [3.63, 3.8) is 0 Å². The number of halogens is 1. The van der Waals surface area contributed by atoms with Crippen LogP contribution in [0.25, 0.3) is 0 Å². The molecule has 6 heteroatoms. The number of amides is 2. The number of carbonyl (C=O) groups excluding carboxylic acids is 2. The molecule has 0 unspecified atom stereocenters. The molecular formula is C15H26ClNO4. The van der Waals surface area contributed by atoms with Crippen molar-refractivity contribution >= 4 is 29.4 Å². The lowest BCUT2D eigenvalue weighted by Gasteiger charge is -1.89. The van der Waals surface area contributed by atoms with Crippen LogP contribution in [0.3, 0.4) is 0 Å². The summed E-state index contributed by atoms with van der Waals surface area (Å²) in [6, 6.07) is 0. The summed E-state index contributed by atoms with van der Waals surface area (Å²) in [4.78, 5) is 29.9. The molecule has 1 aliphatic heterocycles. The molecule has 0 fully saturated rings. The predicted molar refractivity (Wildman–Crippen MR) is 84.3 cm³/mol. The van der Waals surface area contributed by atoms with Gasteiger partial charge in [0.2, 0.25) is 0 Å². The minimum Gasteiger partial charge on any atom is -0.481 e. The monoisotopic (exact) mass is 319 g/mol. The fourth-order valence-corrected chi connectivity index (χ4v) is 1.42. The van der Waals surface area contributed by atoms with Crippen molar-refractivity contribution in [2.75, 3.05) is 5.88 Å². The zero-order chi connectivity index (χ0) is 16.5. The molecule has 5 nitrogen and oxygen atoms in total. The van der Waals surface area contributed by atoms with E-state index in [0.29, 0.717) is 6.42 Å². The van der Waals surface area contributed by atoms with Gasteiger partial charge < -0.3 is 5.11 Å². The molecule has 0 bridgehead atoms. The maximum Gasteiger partial charge on any atom is 0.303 e. The summed E-state index contributed by atoms with van der Waals surface area (Å²) in [7, 11) is 0. The summed E-state index contributed by atoms with van der Waals surface area (Å²) >= 11 is 5.38. The number of alkyl halides is 1. The van der Waals surface area contributed by atoms with Gasteiger partial charge in [0.1, 0.15) is 0 Å². The molecule has 0 saturated carbocycles. The number of hydrogen-bond donors (Lipinski definition) is 2. The predicted octanol–water partition coefficient (Wildman–Crippen LogP) is 3.27. The topological polar surface area (TPSA) is 83.5 Å². The number of unbranched alkanes of at least 4 members (excludes halogenated alkanes) is 4. The fourth-order valence-electron chi connectivity index (χ4n) is 1.23. The fraction of sp³-hybridized carbons (Fsp3) is 0.667. The smallest absolute Gasteiger partial charge is 0.303 e. The van der Waals surface area contributed by atoms with E-state index in [1.807, 2.05) is 5.32 Å². The van der Waals surface area contributed by atoms with Crippen LogP contribution in [0.1, 0.15) is 58.8 Å². The second-order valence-electron chi connectivity index (χ2n) is 4.43. The summed E-state index contributed by atoms with van der Waals surface area (Å²) in [5, 5.41) is 10.2. The minimum atomic E-state index is -0.682. The highest BCUT2D eigenvalue weighted by Gasteiger charge is 2.06. The van der Waals surface area contributed by atoms with E-state index >= 15 is 0 Å². The zero-order valence-electron chi connectivity index (χ0n) is 12.9. The molecule has 0 aromatic heterocycles. The number of carboxylic acid groups (broad SMARTS) is 1. The van der Waals surface area contributed by atoms with E-state index in [2.05, 4.69) is 13.8 Å². The SMILES string of the molecule is CCCCCC(=O)O.CCCCCCl.O=C1C=CC(=O)N1. The highest BCUT2D eigenvalue weighted by Crippen LogP contribution is 1.97. The Morgan fingerprint density at radius 1 is 1.05 bits per heavy atom. The Hall–Kier alpha value is -1.36. The van der Waals surface area contributed by atoms with Crippen LogP contribution in [-0.2, 0) is 14.4 Å². The Kier molecular flexibility index (Phi) is 17.4. The third kappa shape index (κ3) is 21.1. The van der Waals surface area contributed by atoms with Crippen LogP contribution in [0.15, 0.2) is 12.2 Å². The first-order valence-corrected chi connectivity index (χ1v) is 7.82. The first-order valence-electron chi connectivity index (χ1n) is 7.28. The largest absolute Gasteiger partial charge is 0.481 e. The summed E-state index contributed by atoms with van der Waals surface area (Å²) in [6.45, 7) is 4.23. The van der Waals surface area contributed by atoms with Crippen molar-refractivity contribution in [1.82, 2.24) is 5.32 Å². The van der Waals surface area contributed by atoms with Crippen LogP contribution in [0.2, 0.25) is 0 Å². The summed E-state index contributed by atoms with van der Waals surface area (Å²) in [5.74, 6) is -0.512. The van der Waals surface area contributed by atoms with Crippen LogP contribution in [0.4, 0.5) is 0 Å². The molecule has 122 valence electrons. The van der Waals surface area contributed by atoms with Crippen LogP contribution in [-0.4, -0.2) is 28.8 Å². The lowest BCUT2D eigenvalue weighted by atomic mass is 10.2. The molecule has 0 radical (unpaired) electrons. The third-order valence-electron chi connectivity index (χ3n) is 2.36. The number of nitrogens with one attached hydrogen (secondary N) is 1. The Labute approximate surface area is 131 Å². The van der Waals surface area contributed by atoms with Crippen molar-refractivity contribution in [2.45, 2.75) is 58.8 Å². The van der Waals surface area contributed by atoms with Crippen molar-refractivity contribution in [3.8, 4) is 0 Å². The quantitative estimate of drug-likeness (QED) is 0.428. The molecular weight excluding hydrogens is 294 g/mol. The van der Waals surface area contributed by atoms with Gasteiger partial charge in [0.15, 0.2) is 0 Å². The molecule has 0 aliphatic carbocycles. The van der Waals surface area contributed by atoms with Gasteiger partial charge in [-0.3, -0.25) is 19.7 Å². The van der Waals surface area contributed by atoms with E-state index in [9.17, 15) is 14.4 Å². The van der Waals surface area contributed by atoms with Gasteiger partial charge in [-0.25, -0.2) is 0 Å². The van der Waals surface area contributed by atoms with E-state index in [0.717, 1.165) is 25.1 Å². The highest BCUT2D eigenvalue weighted by molar-refractivity contribution is 6.17. The number of hydrogen-bond acceptors (Lipinski definition) is 3. The average molecular weight is 320 g/mol. The van der Waals surface area contributed by atoms with Crippen molar-refractivity contribution < 1.29 is 19.5 Å².